The van der Waals surface area contributed by atoms with Gasteiger partial charge in [-0.2, -0.15) is 5.26 Å². The largest absolute Gasteiger partial charge is 0.383 e. The molecule has 0 aliphatic carbocycles. The van der Waals surface area contributed by atoms with E-state index in [2.05, 4.69) is 11.4 Å². The van der Waals surface area contributed by atoms with Crippen LogP contribution < -0.4 is 5.32 Å². The summed E-state index contributed by atoms with van der Waals surface area (Å²) < 4.78 is 5.32. The molecule has 0 saturated carbocycles. The fourth-order valence-corrected chi connectivity index (χ4v) is 2.09. The lowest BCUT2D eigenvalue weighted by molar-refractivity contribution is 0.132. The van der Waals surface area contributed by atoms with Gasteiger partial charge in [0.2, 0.25) is 0 Å². The molecule has 18 heavy (non-hydrogen) atoms. The summed E-state index contributed by atoms with van der Waals surface area (Å²) in [6.07, 6.45) is 0. The van der Waals surface area contributed by atoms with Crippen molar-refractivity contribution >= 4 is 28.7 Å². The number of nitriles is 1. The summed E-state index contributed by atoms with van der Waals surface area (Å²) in [5.41, 5.74) is 2.03. The number of hydrogen-bond acceptors (Lipinski definition) is 4. The van der Waals surface area contributed by atoms with Crippen molar-refractivity contribution in [2.24, 2.45) is 0 Å². The first kappa shape index (κ1) is 13.0. The van der Waals surface area contributed by atoms with Crippen LogP contribution in [0.1, 0.15) is 5.56 Å². The van der Waals surface area contributed by atoms with Crippen LogP contribution in [0.2, 0.25) is 5.02 Å². The van der Waals surface area contributed by atoms with Crippen molar-refractivity contribution < 1.29 is 4.74 Å². The van der Waals surface area contributed by atoms with Gasteiger partial charge in [-0.25, -0.2) is 0 Å². The molecule has 2 rings (SSSR count). The third-order valence-electron chi connectivity index (χ3n) is 2.58. The summed E-state index contributed by atoms with van der Waals surface area (Å²) >= 11 is 11.2. The van der Waals surface area contributed by atoms with Crippen molar-refractivity contribution in [2.75, 3.05) is 19.8 Å². The molecule has 0 unspecified atom stereocenters. The first-order chi connectivity index (χ1) is 8.72. The molecule has 1 aromatic rings. The lowest BCUT2D eigenvalue weighted by atomic mass is 10.0. The normalized spacial score (nSPS) is 17.6. The van der Waals surface area contributed by atoms with Crippen LogP contribution in [-0.4, -0.2) is 24.6 Å². The van der Waals surface area contributed by atoms with E-state index in [0.717, 1.165) is 11.3 Å². The van der Waals surface area contributed by atoms with Crippen molar-refractivity contribution in [3.8, 4) is 6.07 Å². The maximum atomic E-state index is 9.25. The number of nitrogens with one attached hydrogen (secondary N) is 1. The molecule has 1 heterocycles. The molecule has 0 bridgehead atoms. The molecule has 3 nitrogen and oxygen atoms in total. The van der Waals surface area contributed by atoms with E-state index in [9.17, 15) is 5.26 Å². The fourth-order valence-electron chi connectivity index (χ4n) is 1.66. The molecule has 0 spiro atoms. The van der Waals surface area contributed by atoms with Gasteiger partial charge in [0.15, 0.2) is 0 Å². The van der Waals surface area contributed by atoms with E-state index in [1.54, 1.807) is 12.1 Å². The van der Waals surface area contributed by atoms with Gasteiger partial charge >= 0.3 is 0 Å². The Bertz CT molecular complexity index is 523. The van der Waals surface area contributed by atoms with E-state index >= 15 is 0 Å². The molecule has 1 fully saturated rings. The minimum atomic E-state index is 0.399. The van der Waals surface area contributed by atoms with Gasteiger partial charge in [-0.1, -0.05) is 36.0 Å². The van der Waals surface area contributed by atoms with Gasteiger partial charge in [-0.3, -0.25) is 0 Å². The Kier molecular flexibility index (Phi) is 4.32. The molecule has 0 aromatic heterocycles. The number of hydrogen-bond donors (Lipinski definition) is 1. The zero-order valence-electron chi connectivity index (χ0n) is 9.57. The third kappa shape index (κ3) is 2.88. The minimum Gasteiger partial charge on any atom is -0.383 e. The van der Waals surface area contributed by atoms with E-state index in [1.165, 1.54) is 0 Å². The van der Waals surface area contributed by atoms with Crippen molar-refractivity contribution in [2.45, 2.75) is 0 Å². The fraction of sp³-hybridized carbons (Fsp3) is 0.231. The Morgan fingerprint density at radius 1 is 1.39 bits per heavy atom. The van der Waals surface area contributed by atoms with E-state index < -0.39 is 0 Å². The Labute approximate surface area is 116 Å². The smallest absolute Gasteiger partial charge is 0.103 e. The van der Waals surface area contributed by atoms with E-state index in [1.807, 2.05) is 12.1 Å². The molecule has 1 N–H and O–H groups in total. The van der Waals surface area contributed by atoms with Crippen molar-refractivity contribution in [1.29, 1.82) is 5.26 Å². The third-order valence-corrected chi connectivity index (χ3v) is 3.27. The molecule has 1 aliphatic rings. The first-order valence-corrected chi connectivity index (χ1v) is 6.26. The van der Waals surface area contributed by atoms with Crippen LogP contribution >= 0.6 is 23.8 Å². The summed E-state index contributed by atoms with van der Waals surface area (Å²) in [7, 11) is 0. The Morgan fingerprint density at radius 3 is 2.67 bits per heavy atom. The van der Waals surface area contributed by atoms with Crippen LogP contribution in [0.25, 0.3) is 0 Å². The Hall–Kier alpha value is -1.41. The van der Waals surface area contributed by atoms with Crippen LogP contribution in [0.4, 0.5) is 0 Å². The summed E-state index contributed by atoms with van der Waals surface area (Å²) in [5.74, 6) is 0. The molecule has 0 radical (unpaired) electrons. The second kappa shape index (κ2) is 5.96. The molecule has 1 saturated heterocycles. The van der Waals surface area contributed by atoms with Gasteiger partial charge in [0.05, 0.1) is 29.3 Å². The quantitative estimate of drug-likeness (QED) is 0.391. The molecule has 1 aromatic carbocycles. The summed E-state index contributed by atoms with van der Waals surface area (Å²) in [6.45, 7) is 1.75. The molecular formula is C13H11ClN2OS. The van der Waals surface area contributed by atoms with Crippen molar-refractivity contribution in [1.82, 2.24) is 5.32 Å². The van der Waals surface area contributed by atoms with Crippen LogP contribution in [0.15, 0.2) is 35.5 Å². The number of benzene rings is 1. The van der Waals surface area contributed by atoms with Gasteiger partial charge in [0, 0.05) is 11.6 Å². The average molecular weight is 279 g/mol. The molecule has 1 aliphatic heterocycles. The second-order valence-electron chi connectivity index (χ2n) is 3.78. The minimum absolute atomic E-state index is 0.399. The highest BCUT2D eigenvalue weighted by Crippen LogP contribution is 2.16. The summed E-state index contributed by atoms with van der Waals surface area (Å²) in [5, 5.41) is 13.0. The Morgan fingerprint density at radius 2 is 2.11 bits per heavy atom. The van der Waals surface area contributed by atoms with E-state index in [-0.39, 0.29) is 0 Å². The van der Waals surface area contributed by atoms with Crippen LogP contribution in [0.5, 0.6) is 0 Å². The summed E-state index contributed by atoms with van der Waals surface area (Å²) in [4.78, 5) is 0.516. The number of rotatable bonds is 2. The zero-order valence-corrected chi connectivity index (χ0v) is 11.1. The number of thiocarbonyl (C=S) groups is 1. The Balaban J connectivity index is 2.31. The van der Waals surface area contributed by atoms with Gasteiger partial charge in [-0.15, -0.1) is 0 Å². The van der Waals surface area contributed by atoms with Gasteiger partial charge in [0.1, 0.15) is 6.07 Å². The van der Waals surface area contributed by atoms with Crippen LogP contribution in [-0.2, 0) is 4.74 Å². The van der Waals surface area contributed by atoms with Crippen molar-refractivity contribution in [3.63, 3.8) is 0 Å². The molecular weight excluding hydrogens is 268 g/mol. The van der Waals surface area contributed by atoms with Gasteiger partial charge in [-0.05, 0) is 17.7 Å². The summed E-state index contributed by atoms with van der Waals surface area (Å²) in [6, 6.07) is 9.29. The van der Waals surface area contributed by atoms with E-state index in [0.29, 0.717) is 35.2 Å². The molecule has 92 valence electrons. The number of ether oxygens (including phenoxy) is 1. The lowest BCUT2D eigenvalue weighted by Crippen LogP contribution is -2.31. The SMILES string of the molecule is N#C/C(C(=S)c1ccc(Cl)cc1)=C1\COCCN1. The maximum Gasteiger partial charge on any atom is 0.103 e. The molecule has 0 amide bonds. The molecule has 0 atom stereocenters. The first-order valence-electron chi connectivity index (χ1n) is 5.47. The van der Waals surface area contributed by atoms with E-state index in [4.69, 9.17) is 28.6 Å². The number of allylic oxidation sites excluding steroid dienone is 1. The standard InChI is InChI=1S/C13H11ClN2OS/c14-10-3-1-9(2-4-10)13(18)11(7-15)12-8-17-6-5-16-12/h1-4,16H,5-6,8H2/b12-11-. The second-order valence-corrected chi connectivity index (χ2v) is 4.63. The monoisotopic (exact) mass is 278 g/mol. The predicted molar refractivity (Wildman–Crippen MR) is 74.6 cm³/mol. The zero-order chi connectivity index (χ0) is 13.0. The predicted octanol–water partition coefficient (Wildman–Crippen LogP) is 2.46. The van der Waals surface area contributed by atoms with Crippen LogP contribution in [0, 0.1) is 11.3 Å². The lowest BCUT2D eigenvalue weighted by Gasteiger charge is -2.19. The van der Waals surface area contributed by atoms with Crippen molar-refractivity contribution in [3.05, 3.63) is 46.1 Å². The highest BCUT2D eigenvalue weighted by Gasteiger charge is 2.16. The maximum absolute atomic E-state index is 9.25. The average Bonchev–Trinajstić information content (AvgIpc) is 2.41. The van der Waals surface area contributed by atoms with Gasteiger partial charge < -0.3 is 10.1 Å². The number of morpholine rings is 1. The van der Waals surface area contributed by atoms with Crippen LogP contribution in [0.3, 0.4) is 0 Å². The number of halogens is 1. The van der Waals surface area contributed by atoms with Gasteiger partial charge in [0.25, 0.3) is 0 Å². The number of nitrogens with zero attached hydrogens (tertiary/aromatic N) is 1. The highest BCUT2D eigenvalue weighted by molar-refractivity contribution is 7.81. The highest BCUT2D eigenvalue weighted by atomic mass is 35.5. The molecule has 5 heteroatoms. The topological polar surface area (TPSA) is 45.0 Å².